The molecule has 0 saturated carbocycles. The highest BCUT2D eigenvalue weighted by molar-refractivity contribution is 5.80. The lowest BCUT2D eigenvalue weighted by molar-refractivity contribution is -0.915. The number of carbonyl (C=O) groups is 1. The third-order valence-electron chi connectivity index (χ3n) is 5.40. The molecule has 2 fully saturated rings. The summed E-state index contributed by atoms with van der Waals surface area (Å²) >= 11 is 0. The van der Waals surface area contributed by atoms with E-state index in [0.717, 1.165) is 45.2 Å². The molecule has 2 aliphatic rings. The monoisotopic (exact) mass is 332 g/mol. The van der Waals surface area contributed by atoms with Crippen molar-refractivity contribution in [1.29, 1.82) is 0 Å². The van der Waals surface area contributed by atoms with Crippen molar-refractivity contribution in [2.45, 2.75) is 33.2 Å². The molecule has 0 aromatic carbocycles. The van der Waals surface area contributed by atoms with Crippen molar-refractivity contribution in [1.82, 2.24) is 14.9 Å². The molecule has 24 heavy (non-hydrogen) atoms. The molecule has 1 amide bonds. The maximum atomic E-state index is 12.9. The van der Waals surface area contributed by atoms with Gasteiger partial charge in [0.2, 0.25) is 5.95 Å². The largest absolute Gasteiger partial charge is 0.337 e. The van der Waals surface area contributed by atoms with Gasteiger partial charge < -0.3 is 14.7 Å². The molecule has 3 rings (SSSR count). The number of nitrogens with one attached hydrogen (secondary N) is 1. The zero-order chi connectivity index (χ0) is 17.1. The number of hydrogen-bond acceptors (Lipinski definition) is 4. The molecule has 6 nitrogen and oxygen atoms in total. The van der Waals surface area contributed by atoms with Gasteiger partial charge in [-0.1, -0.05) is 13.8 Å². The van der Waals surface area contributed by atoms with E-state index in [1.165, 1.54) is 11.3 Å². The van der Waals surface area contributed by atoms with Crippen LogP contribution < -0.4 is 9.80 Å². The molecule has 0 aliphatic carbocycles. The number of amides is 1. The van der Waals surface area contributed by atoms with Crippen LogP contribution in [0, 0.1) is 11.8 Å². The van der Waals surface area contributed by atoms with E-state index >= 15 is 0 Å². The third-order valence-corrected chi connectivity index (χ3v) is 5.40. The summed E-state index contributed by atoms with van der Waals surface area (Å²) in [7, 11) is 0. The van der Waals surface area contributed by atoms with Gasteiger partial charge in [0.05, 0.1) is 26.2 Å². The van der Waals surface area contributed by atoms with E-state index in [4.69, 9.17) is 0 Å². The van der Waals surface area contributed by atoms with Crippen LogP contribution in [0.15, 0.2) is 18.5 Å². The van der Waals surface area contributed by atoms with Crippen molar-refractivity contribution in [3.05, 3.63) is 18.5 Å². The molecule has 2 aliphatic heterocycles. The van der Waals surface area contributed by atoms with Gasteiger partial charge in [0.15, 0.2) is 6.04 Å². The molecule has 1 aromatic heterocycles. The Morgan fingerprint density at radius 3 is 2.33 bits per heavy atom. The van der Waals surface area contributed by atoms with E-state index in [1.54, 1.807) is 12.4 Å². The topological polar surface area (TPSA) is 53.8 Å². The average molecular weight is 332 g/mol. The van der Waals surface area contributed by atoms with Crippen LogP contribution >= 0.6 is 0 Å². The molecule has 2 saturated heterocycles. The lowest BCUT2D eigenvalue weighted by atomic mass is 9.91. The number of quaternary nitrogens is 1. The molecule has 6 heteroatoms. The van der Waals surface area contributed by atoms with Crippen molar-refractivity contribution in [2.24, 2.45) is 11.8 Å². The van der Waals surface area contributed by atoms with Gasteiger partial charge in [0.1, 0.15) is 0 Å². The van der Waals surface area contributed by atoms with Crippen LogP contribution in [0.25, 0.3) is 0 Å². The SMILES string of the molecule is C[C@@H]1C[C@@H](C)CN(C(=O)[C@@H](C)[NH+]2CCN(c3ncccn3)CC2)C1. The van der Waals surface area contributed by atoms with Crippen molar-refractivity contribution < 1.29 is 9.69 Å². The van der Waals surface area contributed by atoms with E-state index in [1.807, 2.05) is 6.07 Å². The Kier molecular flexibility index (Phi) is 5.33. The summed E-state index contributed by atoms with van der Waals surface area (Å²) in [5.74, 6) is 2.36. The molecule has 1 aromatic rings. The van der Waals surface area contributed by atoms with Crippen LogP contribution in [0.3, 0.4) is 0 Å². The summed E-state index contributed by atoms with van der Waals surface area (Å²) in [4.78, 5) is 27.3. The van der Waals surface area contributed by atoms with E-state index in [9.17, 15) is 4.79 Å². The first kappa shape index (κ1) is 17.1. The van der Waals surface area contributed by atoms with Gasteiger partial charge in [-0.15, -0.1) is 0 Å². The van der Waals surface area contributed by atoms with Gasteiger partial charge in [-0.2, -0.15) is 0 Å². The Balaban J connectivity index is 1.55. The number of anilines is 1. The zero-order valence-corrected chi connectivity index (χ0v) is 15.1. The normalized spacial score (nSPS) is 27.1. The summed E-state index contributed by atoms with van der Waals surface area (Å²) in [6, 6.07) is 1.88. The minimum Gasteiger partial charge on any atom is -0.337 e. The molecule has 0 unspecified atom stereocenters. The fourth-order valence-electron chi connectivity index (χ4n) is 4.17. The van der Waals surface area contributed by atoms with Gasteiger partial charge in [-0.3, -0.25) is 4.79 Å². The van der Waals surface area contributed by atoms with E-state index in [-0.39, 0.29) is 6.04 Å². The van der Waals surface area contributed by atoms with E-state index in [0.29, 0.717) is 17.7 Å². The molecule has 3 atom stereocenters. The predicted octanol–water partition coefficient (Wildman–Crippen LogP) is 0.0745. The highest BCUT2D eigenvalue weighted by atomic mass is 16.2. The Hall–Kier alpha value is -1.69. The van der Waals surface area contributed by atoms with Crippen LogP contribution in [0.5, 0.6) is 0 Å². The smallest absolute Gasteiger partial charge is 0.280 e. The molecule has 132 valence electrons. The molecule has 0 radical (unpaired) electrons. The number of piperidine rings is 1. The highest BCUT2D eigenvalue weighted by Gasteiger charge is 2.35. The second-order valence-electron chi connectivity index (χ2n) is 7.61. The molecular weight excluding hydrogens is 302 g/mol. The standard InChI is InChI=1S/C18H29N5O/c1-14-11-15(2)13-23(12-14)17(24)16(3)21-7-9-22(10-8-21)18-19-5-4-6-20-18/h4-6,14-16H,7-13H2,1-3H3/p+1/t14-,15-,16-/m1/s1. The second-order valence-corrected chi connectivity index (χ2v) is 7.61. The van der Waals surface area contributed by atoms with Crippen LogP contribution in [-0.2, 0) is 4.79 Å². The molecule has 3 heterocycles. The zero-order valence-electron chi connectivity index (χ0n) is 15.1. The average Bonchev–Trinajstić information content (AvgIpc) is 2.60. The summed E-state index contributed by atoms with van der Waals surface area (Å²) in [6.07, 6.45) is 4.81. The lowest BCUT2D eigenvalue weighted by Gasteiger charge is -2.39. The summed E-state index contributed by atoms with van der Waals surface area (Å²) < 4.78 is 0. The lowest BCUT2D eigenvalue weighted by Crippen LogP contribution is -3.19. The van der Waals surface area contributed by atoms with Gasteiger partial charge in [0.25, 0.3) is 5.91 Å². The van der Waals surface area contributed by atoms with Crippen molar-refractivity contribution >= 4 is 11.9 Å². The number of rotatable bonds is 3. The minimum absolute atomic E-state index is 0.0429. The first-order chi connectivity index (χ1) is 11.5. The van der Waals surface area contributed by atoms with E-state index in [2.05, 4.69) is 40.5 Å². The first-order valence-corrected chi connectivity index (χ1v) is 9.20. The Morgan fingerprint density at radius 1 is 1.17 bits per heavy atom. The Morgan fingerprint density at radius 2 is 1.75 bits per heavy atom. The fraction of sp³-hybridized carbons (Fsp3) is 0.722. The maximum absolute atomic E-state index is 12.9. The number of hydrogen-bond donors (Lipinski definition) is 1. The van der Waals surface area contributed by atoms with Gasteiger partial charge in [-0.25, -0.2) is 9.97 Å². The number of carbonyl (C=O) groups excluding carboxylic acids is 1. The van der Waals surface area contributed by atoms with Gasteiger partial charge in [0, 0.05) is 25.5 Å². The summed E-state index contributed by atoms with van der Waals surface area (Å²) in [5.41, 5.74) is 0. The van der Waals surface area contributed by atoms with Crippen molar-refractivity contribution in [2.75, 3.05) is 44.2 Å². The van der Waals surface area contributed by atoms with Gasteiger partial charge >= 0.3 is 0 Å². The molecule has 0 spiro atoms. The fourth-order valence-corrected chi connectivity index (χ4v) is 4.17. The summed E-state index contributed by atoms with van der Waals surface area (Å²) in [6.45, 7) is 12.2. The number of likely N-dealkylation sites (tertiary alicyclic amines) is 1. The predicted molar refractivity (Wildman–Crippen MR) is 93.9 cm³/mol. The van der Waals surface area contributed by atoms with Crippen molar-refractivity contribution in [3.63, 3.8) is 0 Å². The minimum atomic E-state index is 0.0429. The number of nitrogens with zero attached hydrogens (tertiary/aromatic N) is 4. The molecular formula is C18H30N5O+. The highest BCUT2D eigenvalue weighted by Crippen LogP contribution is 2.21. The van der Waals surface area contributed by atoms with Crippen LogP contribution in [-0.4, -0.2) is 66.1 Å². The second kappa shape index (κ2) is 7.47. The van der Waals surface area contributed by atoms with Crippen LogP contribution in [0.1, 0.15) is 27.2 Å². The Bertz CT molecular complexity index is 534. The summed E-state index contributed by atoms with van der Waals surface area (Å²) in [5, 5.41) is 0. The van der Waals surface area contributed by atoms with Crippen molar-refractivity contribution in [3.8, 4) is 0 Å². The Labute approximate surface area is 144 Å². The maximum Gasteiger partial charge on any atom is 0.280 e. The van der Waals surface area contributed by atoms with Crippen LogP contribution in [0.2, 0.25) is 0 Å². The first-order valence-electron chi connectivity index (χ1n) is 9.20. The quantitative estimate of drug-likeness (QED) is 0.851. The van der Waals surface area contributed by atoms with Gasteiger partial charge in [-0.05, 0) is 31.2 Å². The third kappa shape index (κ3) is 3.86. The number of aromatic nitrogens is 2. The van der Waals surface area contributed by atoms with E-state index < -0.39 is 0 Å². The number of piperazine rings is 1. The van der Waals surface area contributed by atoms with Crippen LogP contribution in [0.4, 0.5) is 5.95 Å². The molecule has 1 N–H and O–H groups in total. The molecule has 0 bridgehead atoms.